The first-order valence-corrected chi connectivity index (χ1v) is 6.32. The van der Waals surface area contributed by atoms with Crippen molar-refractivity contribution in [2.75, 3.05) is 0 Å². The first kappa shape index (κ1) is 12.3. The van der Waals surface area contributed by atoms with E-state index in [-0.39, 0.29) is 0 Å². The Hall–Kier alpha value is -1.20. The van der Waals surface area contributed by atoms with E-state index in [1.807, 2.05) is 12.4 Å². The van der Waals surface area contributed by atoms with Crippen LogP contribution in [-0.2, 0) is 6.54 Å². The van der Waals surface area contributed by atoms with Gasteiger partial charge in [-0.05, 0) is 27.6 Å². The highest BCUT2D eigenvalue weighted by molar-refractivity contribution is 9.10. The van der Waals surface area contributed by atoms with Gasteiger partial charge in [0.1, 0.15) is 0 Å². The molecule has 0 atom stereocenters. The lowest BCUT2D eigenvalue weighted by Gasteiger charge is -2.08. The van der Waals surface area contributed by atoms with Crippen molar-refractivity contribution in [1.82, 2.24) is 20.1 Å². The molecule has 0 spiro atoms. The van der Waals surface area contributed by atoms with Gasteiger partial charge in [-0.3, -0.25) is 4.98 Å². The maximum absolute atomic E-state index is 4.23. The topological polar surface area (TPSA) is 42.7 Å². The van der Waals surface area contributed by atoms with E-state index < -0.39 is 0 Å². The molecule has 0 fully saturated rings. The molecule has 0 aliphatic carbocycles. The standard InChI is InChI=1S/C12H15BrN4/c1-9(2)15-5-10-3-12(7-14-4-10)17-8-11(13)6-16-17/h3-4,6-9,15H,5H2,1-2H3. The lowest BCUT2D eigenvalue weighted by molar-refractivity contribution is 0.587. The van der Waals surface area contributed by atoms with E-state index in [4.69, 9.17) is 0 Å². The highest BCUT2D eigenvalue weighted by Crippen LogP contribution is 2.12. The predicted molar refractivity (Wildman–Crippen MR) is 71.0 cm³/mol. The van der Waals surface area contributed by atoms with Crippen molar-refractivity contribution in [2.45, 2.75) is 26.4 Å². The van der Waals surface area contributed by atoms with Gasteiger partial charge in [0.25, 0.3) is 0 Å². The third kappa shape index (κ3) is 3.38. The summed E-state index contributed by atoms with van der Waals surface area (Å²) >= 11 is 3.38. The Morgan fingerprint density at radius 3 is 2.82 bits per heavy atom. The fourth-order valence-electron chi connectivity index (χ4n) is 1.46. The molecule has 0 unspecified atom stereocenters. The first-order valence-electron chi connectivity index (χ1n) is 5.53. The zero-order chi connectivity index (χ0) is 12.3. The molecule has 0 saturated carbocycles. The van der Waals surface area contributed by atoms with Crippen LogP contribution in [0.3, 0.4) is 0 Å². The molecule has 17 heavy (non-hydrogen) atoms. The highest BCUT2D eigenvalue weighted by Gasteiger charge is 2.02. The van der Waals surface area contributed by atoms with Gasteiger partial charge < -0.3 is 5.32 Å². The summed E-state index contributed by atoms with van der Waals surface area (Å²) < 4.78 is 2.76. The Morgan fingerprint density at radius 2 is 2.18 bits per heavy atom. The van der Waals surface area contributed by atoms with Gasteiger partial charge in [-0.25, -0.2) is 4.68 Å². The second-order valence-electron chi connectivity index (χ2n) is 4.19. The van der Waals surface area contributed by atoms with E-state index in [1.54, 1.807) is 17.1 Å². The van der Waals surface area contributed by atoms with E-state index in [2.05, 4.69) is 51.2 Å². The zero-order valence-corrected chi connectivity index (χ0v) is 11.5. The fraction of sp³-hybridized carbons (Fsp3) is 0.333. The predicted octanol–water partition coefficient (Wildman–Crippen LogP) is 2.53. The van der Waals surface area contributed by atoms with Crippen LogP contribution in [0.15, 0.2) is 35.3 Å². The number of hydrogen-bond donors (Lipinski definition) is 1. The summed E-state index contributed by atoms with van der Waals surface area (Å²) in [6, 6.07) is 2.56. The van der Waals surface area contributed by atoms with Crippen LogP contribution in [0, 0.1) is 0 Å². The summed E-state index contributed by atoms with van der Waals surface area (Å²) in [6.07, 6.45) is 7.35. The zero-order valence-electron chi connectivity index (χ0n) is 9.89. The lowest BCUT2D eigenvalue weighted by atomic mass is 10.2. The molecule has 0 aliphatic heterocycles. The molecule has 0 bridgehead atoms. The molecule has 1 N–H and O–H groups in total. The van der Waals surface area contributed by atoms with Gasteiger partial charge in [-0.1, -0.05) is 13.8 Å². The van der Waals surface area contributed by atoms with Gasteiger partial charge in [0.2, 0.25) is 0 Å². The van der Waals surface area contributed by atoms with E-state index in [9.17, 15) is 0 Å². The van der Waals surface area contributed by atoms with Crippen LogP contribution in [0.5, 0.6) is 0 Å². The SMILES string of the molecule is CC(C)NCc1cncc(-n2cc(Br)cn2)c1. The van der Waals surface area contributed by atoms with E-state index in [0.717, 1.165) is 22.3 Å². The second-order valence-corrected chi connectivity index (χ2v) is 5.11. The Kier molecular flexibility index (Phi) is 3.91. The van der Waals surface area contributed by atoms with Crippen LogP contribution < -0.4 is 5.32 Å². The van der Waals surface area contributed by atoms with Crippen LogP contribution in [0.4, 0.5) is 0 Å². The van der Waals surface area contributed by atoms with Gasteiger partial charge in [0.05, 0.1) is 22.6 Å². The van der Waals surface area contributed by atoms with Crippen molar-refractivity contribution in [3.63, 3.8) is 0 Å². The lowest BCUT2D eigenvalue weighted by Crippen LogP contribution is -2.21. The molecule has 0 radical (unpaired) electrons. The second kappa shape index (κ2) is 5.42. The summed E-state index contributed by atoms with van der Waals surface area (Å²) in [7, 11) is 0. The highest BCUT2D eigenvalue weighted by atomic mass is 79.9. The minimum Gasteiger partial charge on any atom is -0.310 e. The number of aromatic nitrogens is 3. The third-order valence-corrected chi connectivity index (χ3v) is 2.72. The summed E-state index contributed by atoms with van der Waals surface area (Å²) in [5.74, 6) is 0. The van der Waals surface area contributed by atoms with Crippen molar-refractivity contribution in [1.29, 1.82) is 0 Å². The summed E-state index contributed by atoms with van der Waals surface area (Å²) in [6.45, 7) is 5.07. The number of pyridine rings is 1. The molecule has 2 heterocycles. The molecule has 2 rings (SSSR count). The fourth-order valence-corrected chi connectivity index (χ4v) is 1.75. The monoisotopic (exact) mass is 294 g/mol. The maximum atomic E-state index is 4.23. The Bertz CT molecular complexity index is 493. The normalized spacial score (nSPS) is 11.1. The third-order valence-electron chi connectivity index (χ3n) is 2.31. The van der Waals surface area contributed by atoms with Gasteiger partial charge in [0.15, 0.2) is 0 Å². The van der Waals surface area contributed by atoms with Crippen molar-refractivity contribution >= 4 is 15.9 Å². The molecule has 0 amide bonds. The summed E-state index contributed by atoms with van der Waals surface area (Å²) in [5, 5.41) is 7.60. The number of nitrogens with one attached hydrogen (secondary N) is 1. The van der Waals surface area contributed by atoms with Crippen LogP contribution in [0.2, 0.25) is 0 Å². The minimum atomic E-state index is 0.470. The van der Waals surface area contributed by atoms with Crippen molar-refractivity contribution in [3.8, 4) is 5.69 Å². The van der Waals surface area contributed by atoms with E-state index in [0.29, 0.717) is 6.04 Å². The van der Waals surface area contributed by atoms with Crippen molar-refractivity contribution in [3.05, 3.63) is 40.9 Å². The van der Waals surface area contributed by atoms with Crippen LogP contribution >= 0.6 is 15.9 Å². The molecule has 5 heteroatoms. The molecule has 0 aliphatic rings. The minimum absolute atomic E-state index is 0.470. The molecule has 2 aromatic heterocycles. The van der Waals surface area contributed by atoms with Crippen molar-refractivity contribution in [2.24, 2.45) is 0 Å². The Labute approximate surface area is 109 Å². The molecule has 4 nitrogen and oxygen atoms in total. The molecule has 0 saturated heterocycles. The molecule has 0 aromatic carbocycles. The number of rotatable bonds is 4. The smallest absolute Gasteiger partial charge is 0.0832 e. The van der Waals surface area contributed by atoms with Gasteiger partial charge in [-0.2, -0.15) is 5.10 Å². The molecular formula is C12H15BrN4. The van der Waals surface area contributed by atoms with Gasteiger partial charge in [0, 0.05) is 25.0 Å². The Balaban J connectivity index is 2.16. The average Bonchev–Trinajstić information content (AvgIpc) is 2.74. The van der Waals surface area contributed by atoms with E-state index in [1.165, 1.54) is 0 Å². The largest absolute Gasteiger partial charge is 0.310 e. The molecule has 90 valence electrons. The molecular weight excluding hydrogens is 280 g/mol. The summed E-state index contributed by atoms with van der Waals surface area (Å²) in [4.78, 5) is 4.23. The van der Waals surface area contributed by atoms with E-state index >= 15 is 0 Å². The first-order chi connectivity index (χ1) is 8.15. The average molecular weight is 295 g/mol. The molecule has 2 aromatic rings. The number of hydrogen-bond acceptors (Lipinski definition) is 3. The van der Waals surface area contributed by atoms with Gasteiger partial charge >= 0.3 is 0 Å². The Morgan fingerprint density at radius 1 is 1.35 bits per heavy atom. The van der Waals surface area contributed by atoms with Gasteiger partial charge in [-0.15, -0.1) is 0 Å². The summed E-state index contributed by atoms with van der Waals surface area (Å²) in [5.41, 5.74) is 2.13. The van der Waals surface area contributed by atoms with Crippen LogP contribution in [-0.4, -0.2) is 20.8 Å². The number of nitrogens with zero attached hydrogens (tertiary/aromatic N) is 3. The van der Waals surface area contributed by atoms with Crippen LogP contribution in [0.25, 0.3) is 5.69 Å². The maximum Gasteiger partial charge on any atom is 0.0832 e. The van der Waals surface area contributed by atoms with Crippen LogP contribution in [0.1, 0.15) is 19.4 Å². The van der Waals surface area contributed by atoms with Crippen molar-refractivity contribution < 1.29 is 0 Å². The number of halogens is 1. The quantitative estimate of drug-likeness (QED) is 0.942.